The van der Waals surface area contributed by atoms with Crippen molar-refractivity contribution in [3.63, 3.8) is 0 Å². The molecule has 1 heterocycles. The van der Waals surface area contributed by atoms with Crippen LogP contribution in [0.1, 0.15) is 12.5 Å². The number of allylic oxidation sites excluding steroid dienone is 1. The monoisotopic (exact) mass is 496 g/mol. The van der Waals surface area contributed by atoms with Crippen LogP contribution in [0.2, 0.25) is 0 Å². The largest absolute Gasteiger partial charge is 0.493 e. The molecule has 3 rings (SSSR count). The Hall–Kier alpha value is -4.19. The fourth-order valence-electron chi connectivity index (χ4n) is 3.13. The van der Waals surface area contributed by atoms with Crippen LogP contribution >= 0.6 is 11.8 Å². The normalized spacial score (nSPS) is 11.2. The fraction of sp³-hybridized carbons (Fsp3) is 0.217. The minimum Gasteiger partial charge on any atom is -0.493 e. The third kappa shape index (κ3) is 6.44. The summed E-state index contributed by atoms with van der Waals surface area (Å²) in [7, 11) is 3.14. The Morgan fingerprint density at radius 1 is 1.20 bits per heavy atom. The van der Waals surface area contributed by atoms with Crippen LogP contribution in [-0.4, -0.2) is 51.8 Å². The van der Waals surface area contributed by atoms with Gasteiger partial charge in [-0.3, -0.25) is 14.9 Å². The van der Waals surface area contributed by atoms with Gasteiger partial charge in [0.25, 0.3) is 11.6 Å². The highest BCUT2D eigenvalue weighted by molar-refractivity contribution is 7.99. The van der Waals surface area contributed by atoms with Crippen molar-refractivity contribution in [3.05, 3.63) is 64.2 Å². The molecule has 3 aromatic rings. The minimum absolute atomic E-state index is 0.00919. The Bertz CT molecular complexity index is 1260. The van der Waals surface area contributed by atoms with Crippen LogP contribution < -0.4 is 14.9 Å². The van der Waals surface area contributed by atoms with Gasteiger partial charge in [0.2, 0.25) is 0 Å². The highest BCUT2D eigenvalue weighted by Crippen LogP contribution is 2.32. The Morgan fingerprint density at radius 3 is 2.69 bits per heavy atom. The van der Waals surface area contributed by atoms with Gasteiger partial charge < -0.3 is 14.0 Å². The molecule has 0 aliphatic heterocycles. The molecular formula is C23H24N6O5S. The molecule has 0 saturated heterocycles. The average molecular weight is 497 g/mol. The van der Waals surface area contributed by atoms with E-state index in [-0.39, 0.29) is 17.3 Å². The molecule has 11 nitrogen and oxygen atoms in total. The standard InChI is InChI=1S/C23H24N6O5S/c1-4-28-22(17-11-12-19(33-2)20(14-17)34-3)26-27-23(28)35-15-21(30)25-24-13-7-9-16-8-5-6-10-18(16)29(31)32/h5-14H,4,15H2,1-3H3,(H,25,30)/b9-7-,24-13+. The van der Waals surface area contributed by atoms with Gasteiger partial charge in [-0.15, -0.1) is 10.2 Å². The van der Waals surface area contributed by atoms with Crippen LogP contribution in [0.4, 0.5) is 5.69 Å². The zero-order chi connectivity index (χ0) is 25.2. The summed E-state index contributed by atoms with van der Waals surface area (Å²) >= 11 is 1.23. The first-order valence-electron chi connectivity index (χ1n) is 10.5. The lowest BCUT2D eigenvalue weighted by Gasteiger charge is -2.10. The Morgan fingerprint density at radius 2 is 1.97 bits per heavy atom. The van der Waals surface area contributed by atoms with E-state index in [2.05, 4.69) is 20.7 Å². The van der Waals surface area contributed by atoms with E-state index >= 15 is 0 Å². The third-order valence-electron chi connectivity index (χ3n) is 4.77. The van der Waals surface area contributed by atoms with Crippen LogP contribution in [0.15, 0.2) is 58.8 Å². The highest BCUT2D eigenvalue weighted by Gasteiger charge is 2.16. The summed E-state index contributed by atoms with van der Waals surface area (Å²) in [4.78, 5) is 22.7. The van der Waals surface area contributed by atoms with Crippen molar-refractivity contribution < 1.29 is 19.2 Å². The maximum atomic E-state index is 12.2. The van der Waals surface area contributed by atoms with Crippen molar-refractivity contribution >= 4 is 35.6 Å². The number of aromatic nitrogens is 3. The summed E-state index contributed by atoms with van der Waals surface area (Å²) in [5.74, 6) is 1.59. The number of hydrogen-bond acceptors (Lipinski definition) is 9. The molecule has 0 aliphatic carbocycles. The summed E-state index contributed by atoms with van der Waals surface area (Å²) in [6.07, 6.45) is 4.41. The Kier molecular flexibility index (Phi) is 8.95. The van der Waals surface area contributed by atoms with Crippen molar-refractivity contribution in [1.82, 2.24) is 20.2 Å². The van der Waals surface area contributed by atoms with Gasteiger partial charge in [-0.25, -0.2) is 5.43 Å². The summed E-state index contributed by atoms with van der Waals surface area (Å²) in [5.41, 5.74) is 3.66. The molecule has 12 heteroatoms. The maximum absolute atomic E-state index is 12.2. The fourth-order valence-corrected chi connectivity index (χ4v) is 3.92. The predicted molar refractivity (Wildman–Crippen MR) is 134 cm³/mol. The number of thioether (sulfide) groups is 1. The number of nitrogens with zero attached hydrogens (tertiary/aromatic N) is 5. The second-order valence-electron chi connectivity index (χ2n) is 6.90. The average Bonchev–Trinajstić information content (AvgIpc) is 3.29. The topological polar surface area (TPSA) is 134 Å². The van der Waals surface area contributed by atoms with E-state index in [1.165, 1.54) is 30.1 Å². The molecule has 2 aromatic carbocycles. The number of para-hydroxylation sites is 1. The van der Waals surface area contributed by atoms with Crippen LogP contribution in [-0.2, 0) is 11.3 Å². The summed E-state index contributed by atoms with van der Waals surface area (Å²) < 4.78 is 12.5. The van der Waals surface area contributed by atoms with Crippen molar-refractivity contribution in [2.45, 2.75) is 18.6 Å². The zero-order valence-electron chi connectivity index (χ0n) is 19.4. The predicted octanol–water partition coefficient (Wildman–Crippen LogP) is 3.80. The van der Waals surface area contributed by atoms with Gasteiger partial charge in [-0.05, 0) is 43.3 Å². The van der Waals surface area contributed by atoms with Gasteiger partial charge >= 0.3 is 0 Å². The number of nitro groups is 1. The SMILES string of the molecule is CCn1c(SCC(=O)N/N=C/C=C\c2ccccc2[N+](=O)[O-])nnc1-c1ccc(OC)c(OC)c1. The maximum Gasteiger partial charge on any atom is 0.276 e. The minimum atomic E-state index is -0.457. The lowest BCUT2D eigenvalue weighted by atomic mass is 10.2. The molecule has 1 N–H and O–H groups in total. The number of nitrogens with one attached hydrogen (secondary N) is 1. The number of nitro benzene ring substituents is 1. The first-order chi connectivity index (χ1) is 17.0. The van der Waals surface area contributed by atoms with E-state index in [0.29, 0.717) is 34.6 Å². The Balaban J connectivity index is 1.59. The second kappa shape index (κ2) is 12.3. The number of benzene rings is 2. The van der Waals surface area contributed by atoms with Crippen LogP contribution in [0.3, 0.4) is 0 Å². The van der Waals surface area contributed by atoms with Gasteiger partial charge in [0.15, 0.2) is 22.5 Å². The van der Waals surface area contributed by atoms with E-state index in [1.54, 1.807) is 44.6 Å². The molecule has 0 atom stereocenters. The molecule has 0 spiro atoms. The lowest BCUT2D eigenvalue weighted by molar-refractivity contribution is -0.385. The molecule has 0 aliphatic rings. The quantitative estimate of drug-likeness (QED) is 0.183. The number of hydrogen-bond donors (Lipinski definition) is 1. The van der Waals surface area contributed by atoms with E-state index in [4.69, 9.17) is 9.47 Å². The number of amides is 1. The van der Waals surface area contributed by atoms with Crippen molar-refractivity contribution in [3.8, 4) is 22.9 Å². The summed E-state index contributed by atoms with van der Waals surface area (Å²) in [5, 5.41) is 24.0. The van der Waals surface area contributed by atoms with Crippen molar-refractivity contribution in [2.75, 3.05) is 20.0 Å². The van der Waals surface area contributed by atoms with E-state index in [9.17, 15) is 14.9 Å². The zero-order valence-corrected chi connectivity index (χ0v) is 20.2. The molecule has 0 radical (unpaired) electrons. The van der Waals surface area contributed by atoms with Crippen molar-refractivity contribution in [1.29, 1.82) is 0 Å². The number of hydrazone groups is 1. The van der Waals surface area contributed by atoms with Crippen molar-refractivity contribution in [2.24, 2.45) is 5.10 Å². The van der Waals surface area contributed by atoms with Gasteiger partial charge in [0.1, 0.15) is 0 Å². The summed E-state index contributed by atoms with van der Waals surface area (Å²) in [6, 6.07) is 11.8. The highest BCUT2D eigenvalue weighted by atomic mass is 32.2. The number of carbonyl (C=O) groups is 1. The molecule has 0 saturated carbocycles. The second-order valence-corrected chi connectivity index (χ2v) is 7.84. The number of carbonyl (C=O) groups excluding carboxylic acids is 1. The molecule has 0 bridgehead atoms. The van der Waals surface area contributed by atoms with E-state index in [1.807, 2.05) is 23.6 Å². The van der Waals surface area contributed by atoms with Crippen LogP contribution in [0, 0.1) is 10.1 Å². The van der Waals surface area contributed by atoms with Crippen LogP contribution in [0.25, 0.3) is 17.5 Å². The van der Waals surface area contributed by atoms with Crippen LogP contribution in [0.5, 0.6) is 11.5 Å². The number of methoxy groups -OCH3 is 2. The van der Waals surface area contributed by atoms with Gasteiger partial charge in [-0.1, -0.05) is 23.9 Å². The smallest absolute Gasteiger partial charge is 0.276 e. The van der Waals surface area contributed by atoms with E-state index in [0.717, 1.165) is 5.56 Å². The molecule has 0 fully saturated rings. The number of ether oxygens (including phenoxy) is 2. The molecule has 0 unspecified atom stereocenters. The summed E-state index contributed by atoms with van der Waals surface area (Å²) in [6.45, 7) is 2.57. The van der Waals surface area contributed by atoms with Gasteiger partial charge in [-0.2, -0.15) is 5.10 Å². The Labute approximate surface area is 206 Å². The first-order valence-corrected chi connectivity index (χ1v) is 11.5. The van der Waals surface area contributed by atoms with Gasteiger partial charge in [0, 0.05) is 24.4 Å². The molecule has 182 valence electrons. The first kappa shape index (κ1) is 25.4. The van der Waals surface area contributed by atoms with Gasteiger partial charge in [0.05, 0.1) is 30.5 Å². The molecule has 1 amide bonds. The third-order valence-corrected chi connectivity index (χ3v) is 5.73. The molecular weight excluding hydrogens is 472 g/mol. The molecule has 35 heavy (non-hydrogen) atoms. The number of rotatable bonds is 11. The lowest BCUT2D eigenvalue weighted by Crippen LogP contribution is -2.19. The van der Waals surface area contributed by atoms with E-state index < -0.39 is 4.92 Å². The molecule has 1 aromatic heterocycles.